The van der Waals surface area contributed by atoms with Gasteiger partial charge in [-0.3, -0.25) is 10.1 Å². The minimum atomic E-state index is -4.43. The Morgan fingerprint density at radius 2 is 1.89 bits per heavy atom. The Morgan fingerprint density at radius 1 is 1.19 bits per heavy atom. The normalized spacial score (nSPS) is 11.4. The number of carbonyl (C=O) groups excluding carboxylic acids is 1. The fourth-order valence-corrected chi connectivity index (χ4v) is 3.63. The highest BCUT2D eigenvalue weighted by Crippen LogP contribution is 2.34. The van der Waals surface area contributed by atoms with Gasteiger partial charge in [-0.1, -0.05) is 29.8 Å². The number of thiazole rings is 1. The summed E-state index contributed by atoms with van der Waals surface area (Å²) in [7, 11) is 0. The molecule has 3 rings (SSSR count). The van der Waals surface area contributed by atoms with Crippen LogP contribution in [0.25, 0.3) is 0 Å². The fraction of sp³-hybridized carbons (Fsp3) is 0.158. The summed E-state index contributed by atoms with van der Waals surface area (Å²) in [6.07, 6.45) is -4.23. The average Bonchev–Trinajstić information content (AvgIpc) is 2.95. The first kappa shape index (κ1) is 19.4. The Labute approximate surface area is 162 Å². The maximum Gasteiger partial charge on any atom is 0.416 e. The van der Waals surface area contributed by atoms with Crippen LogP contribution in [0, 0.1) is 6.92 Å². The summed E-state index contributed by atoms with van der Waals surface area (Å²) >= 11 is 7.28. The predicted octanol–water partition coefficient (Wildman–Crippen LogP) is 5.97. The number of amides is 1. The number of aryl methyl sites for hydroxylation is 1. The number of hydrogen-bond acceptors (Lipinski definition) is 3. The number of aromatic nitrogens is 1. The van der Waals surface area contributed by atoms with E-state index in [0.717, 1.165) is 17.0 Å². The smallest absolute Gasteiger partial charge is 0.298 e. The third kappa shape index (κ3) is 4.67. The number of carbonyl (C=O) groups is 1. The number of anilines is 1. The Kier molecular flexibility index (Phi) is 5.53. The molecule has 1 amide bonds. The quantitative estimate of drug-likeness (QED) is 0.576. The van der Waals surface area contributed by atoms with Gasteiger partial charge in [0.15, 0.2) is 5.13 Å². The lowest BCUT2D eigenvalue weighted by atomic mass is 10.1. The number of hydrogen-bond donors (Lipinski definition) is 1. The molecular formula is C19H14ClF3N2OS. The number of alkyl halides is 3. The van der Waals surface area contributed by atoms with Crippen molar-refractivity contribution < 1.29 is 18.0 Å². The van der Waals surface area contributed by atoms with Crippen LogP contribution in [0.1, 0.15) is 32.1 Å². The average molecular weight is 411 g/mol. The first-order valence-electron chi connectivity index (χ1n) is 7.92. The molecule has 3 nitrogen and oxygen atoms in total. The molecular weight excluding hydrogens is 397 g/mol. The Balaban J connectivity index is 1.80. The number of benzene rings is 2. The molecule has 3 aromatic rings. The van der Waals surface area contributed by atoms with Gasteiger partial charge in [0.1, 0.15) is 0 Å². The monoisotopic (exact) mass is 410 g/mol. The van der Waals surface area contributed by atoms with E-state index in [1.165, 1.54) is 17.4 Å². The summed E-state index contributed by atoms with van der Waals surface area (Å²) in [6.45, 7) is 1.74. The van der Waals surface area contributed by atoms with Crippen LogP contribution in [0.2, 0.25) is 5.02 Å². The maximum atomic E-state index is 12.9. The Hall–Kier alpha value is -2.38. The van der Waals surface area contributed by atoms with Crippen LogP contribution in [0.15, 0.2) is 48.5 Å². The molecule has 0 atom stereocenters. The molecule has 0 aliphatic heterocycles. The van der Waals surface area contributed by atoms with Crippen molar-refractivity contribution in [3.05, 3.63) is 80.8 Å². The van der Waals surface area contributed by atoms with Crippen molar-refractivity contribution in [2.24, 2.45) is 0 Å². The molecule has 0 radical (unpaired) electrons. The van der Waals surface area contributed by atoms with Gasteiger partial charge in [-0.25, -0.2) is 4.98 Å². The maximum absolute atomic E-state index is 12.9. The Bertz CT molecular complexity index is 971. The fourth-order valence-electron chi connectivity index (χ4n) is 2.46. The van der Waals surface area contributed by atoms with Crippen LogP contribution < -0.4 is 5.32 Å². The van der Waals surface area contributed by atoms with E-state index < -0.39 is 11.7 Å². The molecule has 0 aliphatic rings. The predicted molar refractivity (Wildman–Crippen MR) is 101 cm³/mol. The first-order valence-corrected chi connectivity index (χ1v) is 9.12. The number of halogens is 4. The van der Waals surface area contributed by atoms with E-state index in [9.17, 15) is 18.0 Å². The third-order valence-electron chi connectivity index (χ3n) is 3.87. The zero-order chi connectivity index (χ0) is 19.6. The highest BCUT2D eigenvalue weighted by molar-refractivity contribution is 7.15. The summed E-state index contributed by atoms with van der Waals surface area (Å²) < 4.78 is 38.8. The molecule has 0 spiro atoms. The van der Waals surface area contributed by atoms with Gasteiger partial charge in [-0.2, -0.15) is 13.2 Å². The molecule has 0 bridgehead atoms. The molecule has 27 heavy (non-hydrogen) atoms. The molecule has 0 saturated carbocycles. The van der Waals surface area contributed by atoms with Gasteiger partial charge < -0.3 is 0 Å². The zero-order valence-electron chi connectivity index (χ0n) is 14.1. The van der Waals surface area contributed by atoms with Gasteiger partial charge in [0, 0.05) is 21.9 Å². The second kappa shape index (κ2) is 7.70. The second-order valence-corrected chi connectivity index (χ2v) is 7.32. The van der Waals surface area contributed by atoms with E-state index in [2.05, 4.69) is 10.3 Å². The van der Waals surface area contributed by atoms with Crippen LogP contribution >= 0.6 is 22.9 Å². The minimum Gasteiger partial charge on any atom is -0.298 e. The lowest BCUT2D eigenvalue weighted by Gasteiger charge is -2.10. The first-order chi connectivity index (χ1) is 12.7. The second-order valence-electron chi connectivity index (χ2n) is 5.83. The van der Waals surface area contributed by atoms with Crippen LogP contribution in [-0.4, -0.2) is 10.9 Å². The van der Waals surface area contributed by atoms with Gasteiger partial charge in [-0.15, -0.1) is 11.3 Å². The molecule has 8 heteroatoms. The summed E-state index contributed by atoms with van der Waals surface area (Å²) in [5.74, 6) is -0.298. The van der Waals surface area contributed by atoms with Crippen molar-refractivity contribution in [3.63, 3.8) is 0 Å². The summed E-state index contributed by atoms with van der Waals surface area (Å²) in [5.41, 5.74) is 0.741. The highest BCUT2D eigenvalue weighted by Gasteiger charge is 2.31. The van der Waals surface area contributed by atoms with Gasteiger partial charge >= 0.3 is 6.18 Å². The van der Waals surface area contributed by atoms with Crippen LogP contribution in [0.5, 0.6) is 0 Å². The topological polar surface area (TPSA) is 42.0 Å². The van der Waals surface area contributed by atoms with E-state index in [-0.39, 0.29) is 17.4 Å². The molecule has 0 aliphatic carbocycles. The third-order valence-corrected chi connectivity index (χ3v) is 5.31. The van der Waals surface area contributed by atoms with Crippen molar-refractivity contribution in [1.29, 1.82) is 0 Å². The van der Waals surface area contributed by atoms with Crippen LogP contribution in [0.4, 0.5) is 18.3 Å². The van der Waals surface area contributed by atoms with E-state index in [1.54, 1.807) is 37.3 Å². The Morgan fingerprint density at radius 3 is 2.56 bits per heavy atom. The minimum absolute atomic E-state index is 0.202. The number of rotatable bonds is 4. The van der Waals surface area contributed by atoms with Crippen molar-refractivity contribution in [1.82, 2.24) is 4.98 Å². The molecule has 0 saturated heterocycles. The highest BCUT2D eigenvalue weighted by atomic mass is 35.5. The van der Waals surface area contributed by atoms with Crippen molar-refractivity contribution >= 4 is 34.0 Å². The van der Waals surface area contributed by atoms with Gasteiger partial charge in [0.2, 0.25) is 0 Å². The van der Waals surface area contributed by atoms with Gasteiger partial charge in [0.05, 0.1) is 11.3 Å². The largest absolute Gasteiger partial charge is 0.416 e. The van der Waals surface area contributed by atoms with E-state index in [4.69, 9.17) is 11.6 Å². The number of nitrogens with one attached hydrogen (secondary N) is 1. The molecule has 0 unspecified atom stereocenters. The number of nitrogens with zero attached hydrogens (tertiary/aromatic N) is 1. The lowest BCUT2D eigenvalue weighted by Crippen LogP contribution is -2.11. The van der Waals surface area contributed by atoms with Crippen molar-refractivity contribution in [3.8, 4) is 0 Å². The van der Waals surface area contributed by atoms with Crippen LogP contribution in [0.3, 0.4) is 0 Å². The van der Waals surface area contributed by atoms with E-state index >= 15 is 0 Å². The standard InChI is InChI=1S/C19H14ClF3N2OS/c1-11-16(10-13-9-14(19(21,22)23)7-8-15(13)20)27-18(24-11)25-17(26)12-5-3-2-4-6-12/h2-9H,10H2,1H3,(H,24,25,26). The van der Waals surface area contributed by atoms with Gasteiger partial charge in [0.25, 0.3) is 5.91 Å². The SMILES string of the molecule is Cc1nc(NC(=O)c2ccccc2)sc1Cc1cc(C(F)(F)F)ccc1Cl. The van der Waals surface area contributed by atoms with Crippen LogP contribution in [-0.2, 0) is 12.6 Å². The van der Waals surface area contributed by atoms with Gasteiger partial charge in [-0.05, 0) is 42.8 Å². The zero-order valence-corrected chi connectivity index (χ0v) is 15.7. The summed E-state index contributed by atoms with van der Waals surface area (Å²) in [5, 5.41) is 3.35. The molecule has 140 valence electrons. The summed E-state index contributed by atoms with van der Waals surface area (Å²) in [4.78, 5) is 17.2. The van der Waals surface area contributed by atoms with E-state index in [1.807, 2.05) is 0 Å². The van der Waals surface area contributed by atoms with E-state index in [0.29, 0.717) is 22.0 Å². The van der Waals surface area contributed by atoms with Crippen molar-refractivity contribution in [2.75, 3.05) is 5.32 Å². The summed E-state index contributed by atoms with van der Waals surface area (Å²) in [6, 6.07) is 11.9. The molecule has 2 aromatic carbocycles. The molecule has 0 fully saturated rings. The lowest BCUT2D eigenvalue weighted by molar-refractivity contribution is -0.137. The molecule has 1 aromatic heterocycles. The molecule has 1 heterocycles. The van der Waals surface area contributed by atoms with Crippen molar-refractivity contribution in [2.45, 2.75) is 19.5 Å². The molecule has 1 N–H and O–H groups in total.